The highest BCUT2D eigenvalue weighted by atomic mass is 127. The second-order valence-corrected chi connectivity index (χ2v) is 6.00. The van der Waals surface area contributed by atoms with Crippen LogP contribution in [0.1, 0.15) is 39.3 Å². The summed E-state index contributed by atoms with van der Waals surface area (Å²) in [7, 11) is 1.69. The molecule has 0 aliphatic carbocycles. The van der Waals surface area contributed by atoms with Crippen LogP contribution in [0.5, 0.6) is 0 Å². The van der Waals surface area contributed by atoms with Gasteiger partial charge >= 0.3 is 0 Å². The Balaban J connectivity index is 0.00000441. The Hall–Kier alpha value is -1.31. The number of nitrogens with one attached hydrogen (secondary N) is 3. The van der Waals surface area contributed by atoms with Crippen LogP contribution in [-0.2, 0) is 4.79 Å². The van der Waals surface area contributed by atoms with Crippen LogP contribution in [0.3, 0.4) is 0 Å². The van der Waals surface area contributed by atoms with Gasteiger partial charge in [-0.3, -0.25) is 9.79 Å². The van der Waals surface area contributed by atoms with Crippen LogP contribution in [0.2, 0.25) is 0 Å². The van der Waals surface area contributed by atoms with E-state index in [4.69, 9.17) is 0 Å². The van der Waals surface area contributed by atoms with E-state index < -0.39 is 0 Å². The Morgan fingerprint density at radius 2 is 1.82 bits per heavy atom. The second-order valence-electron chi connectivity index (χ2n) is 6.00. The molecule has 0 fully saturated rings. The van der Waals surface area contributed by atoms with E-state index in [-0.39, 0.29) is 48.0 Å². The molecule has 0 aliphatic heterocycles. The summed E-state index contributed by atoms with van der Waals surface area (Å²) in [6.07, 6.45) is 0. The first-order valence-corrected chi connectivity index (χ1v) is 7.15. The Bertz CT molecular complexity index is 483. The highest BCUT2D eigenvalue weighted by Gasteiger charge is 2.14. The van der Waals surface area contributed by atoms with Gasteiger partial charge in [0, 0.05) is 12.6 Å². The van der Waals surface area contributed by atoms with Crippen LogP contribution in [0.4, 0.5) is 0 Å². The van der Waals surface area contributed by atoms with E-state index >= 15 is 0 Å². The summed E-state index contributed by atoms with van der Waals surface area (Å²) in [5.41, 5.74) is 0.937. The van der Waals surface area contributed by atoms with Gasteiger partial charge in [0.1, 0.15) is 0 Å². The molecule has 0 aliphatic rings. The molecule has 1 aromatic rings. The number of carbonyl (C=O) groups excluding carboxylic acids is 1. The molecule has 0 radical (unpaired) electrons. The van der Waals surface area contributed by atoms with Crippen molar-refractivity contribution < 1.29 is 4.79 Å². The number of guanidine groups is 1. The molecule has 1 amide bonds. The van der Waals surface area contributed by atoms with Gasteiger partial charge in [-0.05, 0) is 33.3 Å². The van der Waals surface area contributed by atoms with E-state index in [0.717, 1.165) is 0 Å². The number of halogens is 1. The molecule has 0 saturated carbocycles. The van der Waals surface area contributed by atoms with Gasteiger partial charge in [0.05, 0.1) is 12.6 Å². The molecule has 0 aromatic heterocycles. The van der Waals surface area contributed by atoms with Crippen LogP contribution < -0.4 is 16.0 Å². The van der Waals surface area contributed by atoms with E-state index in [2.05, 4.69) is 40.0 Å². The van der Waals surface area contributed by atoms with Gasteiger partial charge < -0.3 is 16.0 Å². The fraction of sp³-hybridized carbons (Fsp3) is 0.500. The standard InChI is InChI=1S/C16H26N4O.HI/c1-12(13-9-7-6-8-10-13)19-15(17-5)18-11-14(21)20-16(2,3)4;/h6-10,12H,11H2,1-5H3,(H,20,21)(H2,17,18,19);1H. The molecular weight excluding hydrogens is 391 g/mol. The van der Waals surface area contributed by atoms with Gasteiger partial charge in [0.15, 0.2) is 5.96 Å². The van der Waals surface area contributed by atoms with Crippen molar-refractivity contribution in [2.45, 2.75) is 39.3 Å². The topological polar surface area (TPSA) is 65.5 Å². The van der Waals surface area contributed by atoms with Crippen LogP contribution >= 0.6 is 24.0 Å². The maximum atomic E-state index is 11.8. The fourth-order valence-corrected chi connectivity index (χ4v) is 1.85. The maximum absolute atomic E-state index is 11.8. The number of rotatable bonds is 4. The molecule has 0 bridgehead atoms. The number of nitrogens with zero attached hydrogens (tertiary/aromatic N) is 1. The first-order valence-electron chi connectivity index (χ1n) is 7.15. The minimum absolute atomic E-state index is 0. The van der Waals surface area contributed by atoms with Gasteiger partial charge in [-0.2, -0.15) is 0 Å². The van der Waals surface area contributed by atoms with Crippen molar-refractivity contribution in [3.63, 3.8) is 0 Å². The molecule has 1 unspecified atom stereocenters. The average Bonchev–Trinajstić information content (AvgIpc) is 2.42. The van der Waals surface area contributed by atoms with Gasteiger partial charge in [-0.25, -0.2) is 0 Å². The quantitative estimate of drug-likeness (QED) is 0.400. The van der Waals surface area contributed by atoms with Crippen LogP contribution in [-0.4, -0.2) is 31.0 Å². The summed E-state index contributed by atoms with van der Waals surface area (Å²) in [6.45, 7) is 8.11. The fourth-order valence-electron chi connectivity index (χ4n) is 1.85. The van der Waals surface area contributed by atoms with Gasteiger partial charge in [-0.1, -0.05) is 30.3 Å². The zero-order valence-electron chi connectivity index (χ0n) is 13.9. The Morgan fingerprint density at radius 1 is 1.23 bits per heavy atom. The normalized spacial score (nSPS) is 12.9. The lowest BCUT2D eigenvalue weighted by atomic mass is 10.1. The van der Waals surface area contributed by atoms with Crippen molar-refractivity contribution in [2.24, 2.45) is 4.99 Å². The van der Waals surface area contributed by atoms with Crippen molar-refractivity contribution in [2.75, 3.05) is 13.6 Å². The van der Waals surface area contributed by atoms with E-state index in [9.17, 15) is 4.79 Å². The summed E-state index contributed by atoms with van der Waals surface area (Å²) in [5.74, 6) is 0.549. The maximum Gasteiger partial charge on any atom is 0.239 e. The number of benzene rings is 1. The van der Waals surface area contributed by atoms with E-state index in [1.165, 1.54) is 5.56 Å². The number of hydrogen-bond donors (Lipinski definition) is 3. The van der Waals surface area contributed by atoms with E-state index in [1.54, 1.807) is 7.05 Å². The number of hydrogen-bond acceptors (Lipinski definition) is 2. The molecule has 1 atom stereocenters. The van der Waals surface area contributed by atoms with Crippen molar-refractivity contribution in [3.05, 3.63) is 35.9 Å². The number of aliphatic imine (C=N–C) groups is 1. The molecule has 5 nitrogen and oxygen atoms in total. The molecule has 1 rings (SSSR count). The Kier molecular flexibility index (Phi) is 9.08. The minimum Gasteiger partial charge on any atom is -0.350 e. The minimum atomic E-state index is -0.229. The van der Waals surface area contributed by atoms with Gasteiger partial charge in [-0.15, -0.1) is 24.0 Å². The summed E-state index contributed by atoms with van der Waals surface area (Å²) in [5, 5.41) is 9.18. The molecule has 1 aromatic carbocycles. The molecule has 0 heterocycles. The van der Waals surface area contributed by atoms with Crippen LogP contribution in [0, 0.1) is 0 Å². The van der Waals surface area contributed by atoms with Crippen LogP contribution in [0.15, 0.2) is 35.3 Å². The van der Waals surface area contributed by atoms with Crippen LogP contribution in [0.25, 0.3) is 0 Å². The van der Waals surface area contributed by atoms with Crippen molar-refractivity contribution >= 4 is 35.8 Å². The largest absolute Gasteiger partial charge is 0.350 e. The molecule has 22 heavy (non-hydrogen) atoms. The number of amides is 1. The molecular formula is C16H27IN4O. The van der Waals surface area contributed by atoms with Crippen molar-refractivity contribution in [1.29, 1.82) is 0 Å². The second kappa shape index (κ2) is 9.66. The highest BCUT2D eigenvalue weighted by molar-refractivity contribution is 14.0. The summed E-state index contributed by atoms with van der Waals surface area (Å²) in [4.78, 5) is 15.9. The predicted octanol–water partition coefficient (Wildman–Crippen LogP) is 2.45. The van der Waals surface area contributed by atoms with E-state index in [1.807, 2.05) is 39.0 Å². The SMILES string of the molecule is CN=C(NCC(=O)NC(C)(C)C)NC(C)c1ccccc1.I. The van der Waals surface area contributed by atoms with Gasteiger partial charge in [0.25, 0.3) is 0 Å². The summed E-state index contributed by atoms with van der Waals surface area (Å²) < 4.78 is 0. The Labute approximate surface area is 150 Å². The summed E-state index contributed by atoms with van der Waals surface area (Å²) >= 11 is 0. The zero-order valence-corrected chi connectivity index (χ0v) is 16.3. The highest BCUT2D eigenvalue weighted by Crippen LogP contribution is 2.10. The molecule has 6 heteroatoms. The lowest BCUT2D eigenvalue weighted by molar-refractivity contribution is -0.121. The first-order chi connectivity index (χ1) is 9.81. The summed E-state index contributed by atoms with van der Waals surface area (Å²) in [6, 6.07) is 10.2. The third-order valence-electron chi connectivity index (χ3n) is 2.81. The first kappa shape index (κ1) is 20.7. The smallest absolute Gasteiger partial charge is 0.239 e. The van der Waals surface area contributed by atoms with Gasteiger partial charge in [0.2, 0.25) is 5.91 Å². The monoisotopic (exact) mass is 418 g/mol. The van der Waals surface area contributed by atoms with E-state index in [0.29, 0.717) is 5.96 Å². The predicted molar refractivity (Wildman–Crippen MR) is 103 cm³/mol. The third-order valence-corrected chi connectivity index (χ3v) is 2.81. The lowest BCUT2D eigenvalue weighted by Gasteiger charge is -2.22. The van der Waals surface area contributed by atoms with Crippen molar-refractivity contribution in [1.82, 2.24) is 16.0 Å². The zero-order chi connectivity index (χ0) is 15.9. The molecule has 0 saturated heterocycles. The lowest BCUT2D eigenvalue weighted by Crippen LogP contribution is -2.48. The molecule has 124 valence electrons. The number of carbonyl (C=O) groups is 1. The average molecular weight is 418 g/mol. The molecule has 3 N–H and O–H groups in total. The molecule has 0 spiro atoms. The Morgan fingerprint density at radius 3 is 2.32 bits per heavy atom. The third kappa shape index (κ3) is 8.21. The van der Waals surface area contributed by atoms with Crippen molar-refractivity contribution in [3.8, 4) is 0 Å².